The van der Waals surface area contributed by atoms with E-state index in [1.165, 1.54) is 12.8 Å². The van der Waals surface area contributed by atoms with Gasteiger partial charge in [0.05, 0.1) is 5.02 Å². The Morgan fingerprint density at radius 2 is 1.96 bits per heavy atom. The fourth-order valence-electron chi connectivity index (χ4n) is 3.75. The molecule has 1 aromatic carbocycles. The molecule has 5 nitrogen and oxygen atoms in total. The van der Waals surface area contributed by atoms with Gasteiger partial charge in [0.15, 0.2) is 0 Å². The van der Waals surface area contributed by atoms with Gasteiger partial charge in [-0.15, -0.1) is 0 Å². The maximum Gasteiger partial charge on any atom is 0.257 e. The summed E-state index contributed by atoms with van der Waals surface area (Å²) >= 11 is 12.1. The Hall–Kier alpha value is -1.82. The molecule has 2 atom stereocenters. The Morgan fingerprint density at radius 3 is 2.69 bits per heavy atom. The number of benzene rings is 1. The molecule has 2 aliphatic rings. The van der Waals surface area contributed by atoms with Crippen LogP contribution in [0.4, 0.5) is 0 Å². The first-order chi connectivity index (χ1) is 12.6. The zero-order valence-electron chi connectivity index (χ0n) is 14.0. The standard InChI is InChI=1S/C19H19Cl2N3O2/c20-11-3-6-17(16(21)8-11)26-19-15(2-1-7-22-19)18(25)24-14-9-12-4-5-13(10-14)23-12/h1-3,6-8,12-14,23H,4-5,9-10H2,(H,24,25). The van der Waals surface area contributed by atoms with E-state index in [1.54, 1.807) is 36.5 Å². The van der Waals surface area contributed by atoms with Crippen LogP contribution < -0.4 is 15.4 Å². The van der Waals surface area contributed by atoms with Crippen molar-refractivity contribution >= 4 is 29.1 Å². The van der Waals surface area contributed by atoms with Crippen LogP contribution >= 0.6 is 23.2 Å². The lowest BCUT2D eigenvalue weighted by Gasteiger charge is -2.29. The van der Waals surface area contributed by atoms with E-state index in [9.17, 15) is 4.79 Å². The maximum atomic E-state index is 12.8. The summed E-state index contributed by atoms with van der Waals surface area (Å²) in [6.45, 7) is 0. The number of carbonyl (C=O) groups excluding carboxylic acids is 1. The Kier molecular flexibility index (Phi) is 5.02. The molecule has 2 aromatic rings. The molecule has 0 aliphatic carbocycles. The Bertz CT molecular complexity index is 818. The zero-order valence-corrected chi connectivity index (χ0v) is 15.6. The third kappa shape index (κ3) is 3.80. The second kappa shape index (κ2) is 7.43. The monoisotopic (exact) mass is 391 g/mol. The number of hydrogen-bond acceptors (Lipinski definition) is 4. The summed E-state index contributed by atoms with van der Waals surface area (Å²) in [6, 6.07) is 9.55. The van der Waals surface area contributed by atoms with Gasteiger partial charge in [0, 0.05) is 29.3 Å². The quantitative estimate of drug-likeness (QED) is 0.819. The number of amides is 1. The van der Waals surface area contributed by atoms with Gasteiger partial charge in [-0.2, -0.15) is 0 Å². The van der Waals surface area contributed by atoms with Crippen molar-refractivity contribution < 1.29 is 9.53 Å². The molecule has 26 heavy (non-hydrogen) atoms. The Morgan fingerprint density at radius 1 is 1.19 bits per heavy atom. The summed E-state index contributed by atoms with van der Waals surface area (Å²) in [7, 11) is 0. The zero-order chi connectivity index (χ0) is 18.1. The second-order valence-electron chi connectivity index (χ2n) is 6.81. The lowest BCUT2D eigenvalue weighted by atomic mass is 9.99. The highest BCUT2D eigenvalue weighted by Gasteiger charge is 2.34. The summed E-state index contributed by atoms with van der Waals surface area (Å²) in [6.07, 6.45) is 5.88. The van der Waals surface area contributed by atoms with Crippen LogP contribution in [0.5, 0.6) is 11.6 Å². The minimum Gasteiger partial charge on any atom is -0.437 e. The largest absolute Gasteiger partial charge is 0.437 e. The van der Waals surface area contributed by atoms with Crippen molar-refractivity contribution in [2.75, 3.05) is 0 Å². The van der Waals surface area contributed by atoms with E-state index in [0.29, 0.717) is 33.4 Å². The summed E-state index contributed by atoms with van der Waals surface area (Å²) < 4.78 is 5.79. The number of halogens is 2. The molecule has 0 saturated carbocycles. The number of aromatic nitrogens is 1. The van der Waals surface area contributed by atoms with Crippen molar-refractivity contribution in [2.24, 2.45) is 0 Å². The average Bonchev–Trinajstić information content (AvgIpc) is 2.96. The number of nitrogens with one attached hydrogen (secondary N) is 2. The minimum atomic E-state index is -0.176. The van der Waals surface area contributed by atoms with Gasteiger partial charge in [-0.1, -0.05) is 23.2 Å². The lowest BCUT2D eigenvalue weighted by molar-refractivity contribution is 0.0921. The average molecular weight is 392 g/mol. The molecule has 3 heterocycles. The molecule has 2 fully saturated rings. The molecule has 0 spiro atoms. The molecule has 2 aliphatic heterocycles. The highest BCUT2D eigenvalue weighted by molar-refractivity contribution is 6.35. The van der Waals surface area contributed by atoms with Gasteiger partial charge >= 0.3 is 0 Å². The SMILES string of the molecule is O=C(NC1CC2CCC(C1)N2)c1cccnc1Oc1ccc(Cl)cc1Cl. The van der Waals surface area contributed by atoms with Crippen molar-refractivity contribution in [3.8, 4) is 11.6 Å². The number of rotatable bonds is 4. The molecule has 136 valence electrons. The van der Waals surface area contributed by atoms with Crippen LogP contribution in [0.2, 0.25) is 10.0 Å². The van der Waals surface area contributed by atoms with Crippen LogP contribution in [0.15, 0.2) is 36.5 Å². The van der Waals surface area contributed by atoms with E-state index >= 15 is 0 Å². The number of pyridine rings is 1. The predicted molar refractivity (Wildman–Crippen MR) is 101 cm³/mol. The first kappa shape index (κ1) is 17.6. The third-order valence-corrected chi connectivity index (χ3v) is 5.46. The molecular formula is C19H19Cl2N3O2. The van der Waals surface area contributed by atoms with Crippen LogP contribution in [0.1, 0.15) is 36.0 Å². The Labute approximate surface area is 162 Å². The van der Waals surface area contributed by atoms with Crippen molar-refractivity contribution in [2.45, 2.75) is 43.8 Å². The summed E-state index contributed by atoms with van der Waals surface area (Å²) in [4.78, 5) is 17.0. The van der Waals surface area contributed by atoms with Crippen molar-refractivity contribution in [1.82, 2.24) is 15.6 Å². The van der Waals surface area contributed by atoms with Gasteiger partial charge in [-0.3, -0.25) is 4.79 Å². The second-order valence-corrected chi connectivity index (χ2v) is 7.66. The Balaban J connectivity index is 1.50. The van der Waals surface area contributed by atoms with E-state index in [4.69, 9.17) is 27.9 Å². The van der Waals surface area contributed by atoms with Gasteiger partial charge in [0.1, 0.15) is 11.3 Å². The number of fused-ring (bicyclic) bond motifs is 2. The van der Waals surface area contributed by atoms with Crippen molar-refractivity contribution in [3.05, 3.63) is 52.1 Å². The van der Waals surface area contributed by atoms with Crippen LogP contribution in [0.25, 0.3) is 0 Å². The molecule has 2 bridgehead atoms. The van der Waals surface area contributed by atoms with Gasteiger partial charge in [-0.25, -0.2) is 4.98 Å². The van der Waals surface area contributed by atoms with Crippen LogP contribution in [0, 0.1) is 0 Å². The first-order valence-electron chi connectivity index (χ1n) is 8.73. The highest BCUT2D eigenvalue weighted by atomic mass is 35.5. The fraction of sp³-hybridized carbons (Fsp3) is 0.368. The number of carbonyl (C=O) groups is 1. The van der Waals surface area contributed by atoms with Crippen LogP contribution in [-0.2, 0) is 0 Å². The van der Waals surface area contributed by atoms with Gasteiger partial charge in [0.25, 0.3) is 5.91 Å². The highest BCUT2D eigenvalue weighted by Crippen LogP contribution is 2.32. The smallest absolute Gasteiger partial charge is 0.257 e. The van der Waals surface area contributed by atoms with E-state index in [1.807, 2.05) is 0 Å². The molecule has 7 heteroatoms. The molecule has 4 rings (SSSR count). The van der Waals surface area contributed by atoms with E-state index in [0.717, 1.165) is 12.8 Å². The third-order valence-electron chi connectivity index (χ3n) is 4.92. The molecular weight excluding hydrogens is 373 g/mol. The van der Waals surface area contributed by atoms with Crippen LogP contribution in [0.3, 0.4) is 0 Å². The number of nitrogens with zero attached hydrogens (tertiary/aromatic N) is 1. The molecule has 1 aromatic heterocycles. The molecule has 2 saturated heterocycles. The van der Waals surface area contributed by atoms with Gasteiger partial charge in [0.2, 0.25) is 5.88 Å². The lowest BCUT2D eigenvalue weighted by Crippen LogP contribution is -2.48. The predicted octanol–water partition coefficient (Wildman–Crippen LogP) is 4.19. The molecule has 2 unspecified atom stereocenters. The summed E-state index contributed by atoms with van der Waals surface area (Å²) in [5, 5.41) is 7.59. The number of ether oxygens (including phenoxy) is 1. The maximum absolute atomic E-state index is 12.8. The van der Waals surface area contributed by atoms with Crippen molar-refractivity contribution in [3.63, 3.8) is 0 Å². The molecule has 0 radical (unpaired) electrons. The number of hydrogen-bond donors (Lipinski definition) is 2. The summed E-state index contributed by atoms with van der Waals surface area (Å²) in [5.41, 5.74) is 0.393. The number of piperidine rings is 1. The van der Waals surface area contributed by atoms with Gasteiger partial charge < -0.3 is 15.4 Å². The van der Waals surface area contributed by atoms with Crippen molar-refractivity contribution in [1.29, 1.82) is 0 Å². The molecule has 1 amide bonds. The molecule has 2 N–H and O–H groups in total. The topological polar surface area (TPSA) is 63.2 Å². The van der Waals surface area contributed by atoms with E-state index < -0.39 is 0 Å². The summed E-state index contributed by atoms with van der Waals surface area (Å²) in [5.74, 6) is 0.458. The van der Waals surface area contributed by atoms with Crippen LogP contribution in [-0.4, -0.2) is 29.0 Å². The minimum absolute atomic E-state index is 0.174. The van der Waals surface area contributed by atoms with E-state index in [-0.39, 0.29) is 17.8 Å². The van der Waals surface area contributed by atoms with E-state index in [2.05, 4.69) is 15.6 Å². The first-order valence-corrected chi connectivity index (χ1v) is 9.49. The fourth-order valence-corrected chi connectivity index (χ4v) is 4.19. The van der Waals surface area contributed by atoms with Gasteiger partial charge in [-0.05, 0) is 56.0 Å². The normalized spacial score (nSPS) is 24.3.